The van der Waals surface area contributed by atoms with Crippen LogP contribution in [0.2, 0.25) is 0 Å². The van der Waals surface area contributed by atoms with Crippen molar-refractivity contribution in [1.82, 2.24) is 0 Å². The molecular formula is C11H13BrO4. The Labute approximate surface area is 102 Å². The van der Waals surface area contributed by atoms with Crippen LogP contribution in [-0.2, 0) is 0 Å². The highest BCUT2D eigenvalue weighted by Crippen LogP contribution is 2.23. The van der Waals surface area contributed by atoms with E-state index in [-0.39, 0.29) is 12.2 Å². The fraction of sp³-hybridized carbons (Fsp3) is 0.364. The van der Waals surface area contributed by atoms with E-state index in [9.17, 15) is 4.79 Å². The molecule has 0 spiro atoms. The fourth-order valence-corrected chi connectivity index (χ4v) is 1.55. The van der Waals surface area contributed by atoms with Crippen molar-refractivity contribution in [1.29, 1.82) is 0 Å². The average molecular weight is 289 g/mol. The molecule has 0 saturated heterocycles. The number of rotatable bonds is 6. The lowest BCUT2D eigenvalue weighted by Crippen LogP contribution is -2.05. The van der Waals surface area contributed by atoms with Crippen molar-refractivity contribution in [2.45, 2.75) is 12.8 Å². The van der Waals surface area contributed by atoms with E-state index in [4.69, 9.17) is 14.9 Å². The minimum atomic E-state index is -1.02. The molecule has 0 aliphatic rings. The van der Waals surface area contributed by atoms with Gasteiger partial charge in [-0.3, -0.25) is 0 Å². The standard InChI is InChI=1S/C11H13BrO4/c12-8-3-4-10(9(7-8)11(14)15)16-6-2-1-5-13/h3-4,7,13H,1-2,5-6H2,(H,14,15). The van der Waals surface area contributed by atoms with E-state index in [0.29, 0.717) is 29.7 Å². The summed E-state index contributed by atoms with van der Waals surface area (Å²) in [5.41, 5.74) is 0.137. The smallest absolute Gasteiger partial charge is 0.339 e. The summed E-state index contributed by atoms with van der Waals surface area (Å²) in [7, 11) is 0. The zero-order valence-electron chi connectivity index (χ0n) is 8.65. The highest BCUT2D eigenvalue weighted by atomic mass is 79.9. The zero-order valence-corrected chi connectivity index (χ0v) is 10.2. The van der Waals surface area contributed by atoms with Gasteiger partial charge in [0.1, 0.15) is 11.3 Å². The molecule has 0 saturated carbocycles. The quantitative estimate of drug-likeness (QED) is 0.789. The summed E-state index contributed by atoms with van der Waals surface area (Å²) in [6.45, 7) is 0.526. The second kappa shape index (κ2) is 6.50. The molecule has 0 unspecified atom stereocenters. The number of unbranched alkanes of at least 4 members (excludes halogenated alkanes) is 1. The molecule has 0 heterocycles. The van der Waals surface area contributed by atoms with Crippen LogP contribution in [0.1, 0.15) is 23.2 Å². The van der Waals surface area contributed by atoms with Crippen molar-refractivity contribution in [3.63, 3.8) is 0 Å². The van der Waals surface area contributed by atoms with Gasteiger partial charge in [0.15, 0.2) is 0 Å². The molecule has 0 aliphatic heterocycles. The predicted molar refractivity (Wildman–Crippen MR) is 62.9 cm³/mol. The Kier molecular flexibility index (Phi) is 5.28. The molecule has 88 valence electrons. The van der Waals surface area contributed by atoms with Gasteiger partial charge in [0.25, 0.3) is 0 Å². The van der Waals surface area contributed by atoms with Gasteiger partial charge in [-0.1, -0.05) is 15.9 Å². The Balaban J connectivity index is 2.67. The van der Waals surface area contributed by atoms with Crippen molar-refractivity contribution >= 4 is 21.9 Å². The molecule has 1 aromatic carbocycles. The molecule has 0 atom stereocenters. The van der Waals surface area contributed by atoms with Crippen LogP contribution >= 0.6 is 15.9 Å². The number of hydrogen-bond donors (Lipinski definition) is 2. The Hall–Kier alpha value is -1.07. The number of hydrogen-bond acceptors (Lipinski definition) is 3. The first-order chi connectivity index (χ1) is 7.65. The van der Waals surface area contributed by atoms with Gasteiger partial charge in [-0.25, -0.2) is 4.79 Å². The predicted octanol–water partition coefficient (Wildman–Crippen LogP) is 2.30. The normalized spacial score (nSPS) is 10.1. The summed E-state index contributed by atoms with van der Waals surface area (Å²) in [6.07, 6.45) is 1.35. The monoisotopic (exact) mass is 288 g/mol. The summed E-state index contributed by atoms with van der Waals surface area (Å²) in [4.78, 5) is 10.9. The maximum absolute atomic E-state index is 10.9. The molecule has 5 heteroatoms. The van der Waals surface area contributed by atoms with E-state index in [1.807, 2.05) is 0 Å². The molecule has 1 aromatic rings. The summed E-state index contributed by atoms with van der Waals surface area (Å²) < 4.78 is 6.04. The van der Waals surface area contributed by atoms with Crippen molar-refractivity contribution in [3.8, 4) is 5.75 Å². The van der Waals surface area contributed by atoms with Crippen molar-refractivity contribution in [3.05, 3.63) is 28.2 Å². The van der Waals surface area contributed by atoms with Crippen LogP contribution in [0, 0.1) is 0 Å². The number of ether oxygens (including phenoxy) is 1. The first kappa shape index (κ1) is 13.0. The number of carbonyl (C=O) groups is 1. The minimum Gasteiger partial charge on any atom is -0.493 e. The van der Waals surface area contributed by atoms with Gasteiger partial charge in [0.05, 0.1) is 6.61 Å². The molecule has 4 nitrogen and oxygen atoms in total. The van der Waals surface area contributed by atoms with Crippen LogP contribution < -0.4 is 4.74 Å². The van der Waals surface area contributed by atoms with E-state index in [2.05, 4.69) is 15.9 Å². The van der Waals surface area contributed by atoms with Gasteiger partial charge in [-0.05, 0) is 31.0 Å². The third-order valence-corrected chi connectivity index (χ3v) is 2.48. The average Bonchev–Trinajstić information content (AvgIpc) is 2.26. The molecular weight excluding hydrogens is 276 g/mol. The number of carboxylic acid groups (broad SMARTS) is 1. The van der Waals surface area contributed by atoms with Gasteiger partial charge >= 0.3 is 5.97 Å². The number of aliphatic hydroxyl groups excluding tert-OH is 1. The fourth-order valence-electron chi connectivity index (χ4n) is 1.19. The van der Waals surface area contributed by atoms with Gasteiger partial charge in [0.2, 0.25) is 0 Å². The number of halogens is 1. The van der Waals surface area contributed by atoms with Gasteiger partial charge < -0.3 is 14.9 Å². The SMILES string of the molecule is O=C(O)c1cc(Br)ccc1OCCCCO. The van der Waals surface area contributed by atoms with Crippen molar-refractivity contribution in [2.75, 3.05) is 13.2 Å². The van der Waals surface area contributed by atoms with E-state index in [0.717, 1.165) is 0 Å². The van der Waals surface area contributed by atoms with Gasteiger partial charge in [-0.15, -0.1) is 0 Å². The molecule has 0 amide bonds. The van der Waals surface area contributed by atoms with Crippen LogP contribution in [0.25, 0.3) is 0 Å². The van der Waals surface area contributed by atoms with Crippen molar-refractivity contribution < 1.29 is 19.7 Å². The Morgan fingerprint density at radius 3 is 2.75 bits per heavy atom. The maximum Gasteiger partial charge on any atom is 0.339 e. The Morgan fingerprint density at radius 2 is 2.12 bits per heavy atom. The zero-order chi connectivity index (χ0) is 12.0. The molecule has 2 N–H and O–H groups in total. The summed E-state index contributed by atoms with van der Waals surface area (Å²) in [5, 5.41) is 17.5. The lowest BCUT2D eigenvalue weighted by atomic mass is 10.2. The van der Waals surface area contributed by atoms with Crippen LogP contribution in [0.4, 0.5) is 0 Å². The summed E-state index contributed by atoms with van der Waals surface area (Å²) in [6, 6.07) is 4.85. The second-order valence-electron chi connectivity index (χ2n) is 3.22. The first-order valence-corrected chi connectivity index (χ1v) is 5.71. The number of benzene rings is 1. The minimum absolute atomic E-state index is 0.121. The molecule has 0 aromatic heterocycles. The third kappa shape index (κ3) is 3.83. The Morgan fingerprint density at radius 1 is 1.38 bits per heavy atom. The molecule has 0 aliphatic carbocycles. The highest BCUT2D eigenvalue weighted by molar-refractivity contribution is 9.10. The van der Waals surface area contributed by atoms with Crippen molar-refractivity contribution in [2.24, 2.45) is 0 Å². The topological polar surface area (TPSA) is 66.8 Å². The lowest BCUT2D eigenvalue weighted by molar-refractivity contribution is 0.0692. The lowest BCUT2D eigenvalue weighted by Gasteiger charge is -2.08. The van der Waals surface area contributed by atoms with E-state index in [1.54, 1.807) is 12.1 Å². The second-order valence-corrected chi connectivity index (χ2v) is 4.14. The molecule has 0 fully saturated rings. The number of carboxylic acids is 1. The van der Waals surface area contributed by atoms with Crippen LogP contribution in [0.5, 0.6) is 5.75 Å². The Bertz CT molecular complexity index is 365. The third-order valence-electron chi connectivity index (χ3n) is 1.98. The van der Waals surface area contributed by atoms with E-state index >= 15 is 0 Å². The molecule has 0 radical (unpaired) electrons. The van der Waals surface area contributed by atoms with Crippen LogP contribution in [0.15, 0.2) is 22.7 Å². The van der Waals surface area contributed by atoms with E-state index < -0.39 is 5.97 Å². The van der Waals surface area contributed by atoms with Crippen LogP contribution in [0.3, 0.4) is 0 Å². The molecule has 0 bridgehead atoms. The first-order valence-electron chi connectivity index (χ1n) is 4.91. The van der Waals surface area contributed by atoms with Gasteiger partial charge in [-0.2, -0.15) is 0 Å². The van der Waals surface area contributed by atoms with Gasteiger partial charge in [0, 0.05) is 11.1 Å². The maximum atomic E-state index is 10.9. The van der Waals surface area contributed by atoms with Crippen LogP contribution in [-0.4, -0.2) is 29.4 Å². The highest BCUT2D eigenvalue weighted by Gasteiger charge is 2.11. The number of aromatic carboxylic acids is 1. The van der Waals surface area contributed by atoms with E-state index in [1.165, 1.54) is 6.07 Å². The summed E-state index contributed by atoms with van der Waals surface area (Å²) >= 11 is 3.21. The number of aliphatic hydroxyl groups is 1. The summed E-state index contributed by atoms with van der Waals surface area (Å²) in [5.74, 6) is -0.660. The molecule has 16 heavy (non-hydrogen) atoms. The molecule has 1 rings (SSSR count). The largest absolute Gasteiger partial charge is 0.493 e.